The molecule has 2 fully saturated rings. The van der Waals surface area contributed by atoms with Gasteiger partial charge in [0.1, 0.15) is 61.8 Å². The second-order valence-corrected chi connectivity index (χ2v) is 19.8. The van der Waals surface area contributed by atoms with Crippen LogP contribution in [0.3, 0.4) is 0 Å². The number of Topliss-reactive ketones (excluding diaryl/α,β-unsaturated/α-hetero) is 1. The number of fused-ring (bicyclic) bond motifs is 2. The molecule has 9 rings (SSSR count). The molecule has 0 aliphatic carbocycles. The minimum absolute atomic E-state index is 0.0435. The minimum atomic E-state index is -0.205. The van der Waals surface area contributed by atoms with E-state index in [9.17, 15) is 9.59 Å². The standard InChI is InChI=1S/C24H26N4O5S.C15H23N4O2PS2.C10H9BrO3/c25-23-22(21(29)16-1-6-19-20(15-16)33-14-13-32-19)34-24(27-23)26-17-2-4-18(5-3-17)31-12-9-28-7-10-30-11-8-28;16-14(24-11-22)18-15(23)17-12-1-3-13(4-2-12)21-10-7-19-5-8-20-9-6-19;11-6-8(12)7-1-2-9-10(5-7)14-4-3-13-9/h1-6,15H,7-14,25H2,(H,26,27);1-4H,5-11,22H2,(H3,16,17,18,23);1-2,5H,3-4,6H2. The molecule has 0 amide bonds. The second kappa shape index (κ2) is 28.8. The van der Waals surface area contributed by atoms with Gasteiger partial charge in [-0.3, -0.25) is 19.4 Å². The van der Waals surface area contributed by atoms with Gasteiger partial charge in [0.15, 0.2) is 44.2 Å². The summed E-state index contributed by atoms with van der Waals surface area (Å²) in [5.41, 5.74) is 15.4. The van der Waals surface area contributed by atoms with Crippen molar-refractivity contribution in [2.75, 3.05) is 133 Å². The first-order valence-corrected chi connectivity index (χ1v) is 27.3. The van der Waals surface area contributed by atoms with Gasteiger partial charge < -0.3 is 60.0 Å². The van der Waals surface area contributed by atoms with E-state index in [1.807, 2.05) is 48.5 Å². The molecule has 0 saturated carbocycles. The number of thiocarbonyl (C=S) groups is 1. The Morgan fingerprint density at radius 3 is 1.76 bits per heavy atom. The van der Waals surface area contributed by atoms with Crippen molar-refractivity contribution in [2.24, 2.45) is 10.7 Å². The first-order valence-electron chi connectivity index (χ1n) is 23.1. The number of thioether (sulfide) groups is 1. The van der Waals surface area contributed by atoms with Gasteiger partial charge in [0.25, 0.3) is 0 Å². The summed E-state index contributed by atoms with van der Waals surface area (Å²) in [5, 5.41) is 7.91. The van der Waals surface area contributed by atoms with Gasteiger partial charge in [0.05, 0.1) is 31.8 Å². The fourth-order valence-corrected chi connectivity index (χ4v) is 9.46. The van der Waals surface area contributed by atoms with Crippen LogP contribution < -0.4 is 50.5 Å². The van der Waals surface area contributed by atoms with E-state index in [-0.39, 0.29) is 17.4 Å². The maximum Gasteiger partial charge on any atom is 0.206 e. The van der Waals surface area contributed by atoms with Crippen LogP contribution in [0, 0.1) is 0 Å². The van der Waals surface area contributed by atoms with Crippen LogP contribution in [0.15, 0.2) is 89.9 Å². The Hall–Kier alpha value is -5.29. The highest BCUT2D eigenvalue weighted by molar-refractivity contribution is 9.09. The molecule has 1 atom stereocenters. The number of anilines is 4. The van der Waals surface area contributed by atoms with Crippen LogP contribution in [0.1, 0.15) is 25.6 Å². The van der Waals surface area contributed by atoms with E-state index in [0.29, 0.717) is 99.4 Å². The fourth-order valence-electron chi connectivity index (χ4n) is 7.15. The number of aliphatic imine (C=N–C) groups is 1. The number of alkyl halides is 1. The number of aromatic nitrogens is 1. The number of hydrogen-bond donors (Lipinski definition) is 4. The Bertz CT molecular complexity index is 2590. The molecule has 4 aliphatic heterocycles. The summed E-state index contributed by atoms with van der Waals surface area (Å²) in [6.07, 6.45) is 0. The number of rotatable bonds is 16. The molecule has 5 aromatic rings. The summed E-state index contributed by atoms with van der Waals surface area (Å²) < 4.78 is 44.1. The highest BCUT2D eigenvalue weighted by Crippen LogP contribution is 2.35. The predicted octanol–water partition coefficient (Wildman–Crippen LogP) is 7.19. The van der Waals surface area contributed by atoms with Crippen LogP contribution in [0.2, 0.25) is 0 Å². The van der Waals surface area contributed by atoms with E-state index in [0.717, 1.165) is 94.1 Å². The number of nitrogens with zero attached hydrogens (tertiary/aromatic N) is 4. The first kappa shape index (κ1) is 54.5. The number of hydrogen-bond acceptors (Lipinski definition) is 18. The molecule has 18 nitrogen and oxygen atoms in total. The zero-order valence-corrected chi connectivity index (χ0v) is 44.7. The van der Waals surface area contributed by atoms with Crippen LogP contribution in [0.4, 0.5) is 22.3 Å². The van der Waals surface area contributed by atoms with E-state index in [1.165, 1.54) is 23.1 Å². The Morgan fingerprint density at radius 1 is 0.736 bits per heavy atom. The lowest BCUT2D eigenvalue weighted by Crippen LogP contribution is -2.38. The van der Waals surface area contributed by atoms with E-state index >= 15 is 0 Å². The quantitative estimate of drug-likeness (QED) is 0.0192. The van der Waals surface area contributed by atoms with Crippen molar-refractivity contribution in [3.05, 3.63) is 101 Å². The summed E-state index contributed by atoms with van der Waals surface area (Å²) in [5.74, 6) is 4.22. The van der Waals surface area contributed by atoms with E-state index in [4.69, 9.17) is 61.6 Å². The van der Waals surface area contributed by atoms with E-state index in [2.05, 4.69) is 55.6 Å². The van der Waals surface area contributed by atoms with Crippen molar-refractivity contribution in [3.63, 3.8) is 0 Å². The third-order valence-electron chi connectivity index (χ3n) is 10.9. The minimum Gasteiger partial charge on any atom is -0.492 e. The van der Waals surface area contributed by atoms with Crippen molar-refractivity contribution in [3.8, 4) is 34.5 Å². The topological polar surface area (TPSA) is 216 Å². The first-order chi connectivity index (χ1) is 35.1. The fraction of sp³-hybridized carbons (Fsp3) is 0.367. The normalized spacial score (nSPS) is 15.4. The average molecular weight is 1130 g/mol. The number of halogens is 1. The number of ketones is 2. The molecule has 1 unspecified atom stereocenters. The lowest BCUT2D eigenvalue weighted by Gasteiger charge is -2.26. The number of nitrogen functional groups attached to an aromatic ring is 1. The number of morpholine rings is 2. The van der Waals surface area contributed by atoms with Crippen LogP contribution in [0.25, 0.3) is 0 Å². The van der Waals surface area contributed by atoms with Crippen molar-refractivity contribution >= 4 is 105 Å². The molecule has 0 spiro atoms. The summed E-state index contributed by atoms with van der Waals surface area (Å²) in [6, 6.07) is 25.6. The lowest BCUT2D eigenvalue weighted by molar-refractivity contribution is 0.0321. The van der Waals surface area contributed by atoms with Crippen molar-refractivity contribution in [1.29, 1.82) is 0 Å². The number of ether oxygens (including phenoxy) is 8. The number of thiazole rings is 1. The number of benzene rings is 4. The molecular weight excluding hydrogens is 1070 g/mol. The molecule has 0 bridgehead atoms. The van der Waals surface area contributed by atoms with Crippen molar-refractivity contribution < 1.29 is 47.5 Å². The number of nitrogens with one attached hydrogen (secondary N) is 2. The maximum absolute atomic E-state index is 13.0. The summed E-state index contributed by atoms with van der Waals surface area (Å²) >= 11 is 10.9. The van der Waals surface area contributed by atoms with Crippen LogP contribution in [-0.4, -0.2) is 153 Å². The smallest absolute Gasteiger partial charge is 0.206 e. The average Bonchev–Trinajstić information content (AvgIpc) is 3.78. The summed E-state index contributed by atoms with van der Waals surface area (Å²) in [6.45, 7) is 12.2. The summed E-state index contributed by atoms with van der Waals surface area (Å²) in [4.78, 5) is 37.8. The van der Waals surface area contributed by atoms with Crippen LogP contribution >= 0.6 is 60.5 Å². The highest BCUT2D eigenvalue weighted by Gasteiger charge is 2.22. The molecule has 1 aromatic heterocycles. The van der Waals surface area contributed by atoms with E-state index < -0.39 is 0 Å². The third-order valence-corrected chi connectivity index (χ3v) is 13.6. The number of nitrogens with two attached hydrogens (primary N) is 2. The van der Waals surface area contributed by atoms with Gasteiger partial charge in [-0.25, -0.2) is 4.98 Å². The number of amidine groups is 1. The molecule has 4 aromatic carbocycles. The molecule has 23 heteroatoms. The highest BCUT2D eigenvalue weighted by atomic mass is 79.9. The molecule has 6 N–H and O–H groups in total. The van der Waals surface area contributed by atoms with E-state index in [1.54, 1.807) is 36.4 Å². The van der Waals surface area contributed by atoms with Gasteiger partial charge in [-0.05, 0) is 97.1 Å². The van der Waals surface area contributed by atoms with Crippen molar-refractivity contribution in [1.82, 2.24) is 14.8 Å². The molecule has 4 aliphatic rings. The zero-order chi connectivity index (χ0) is 50.5. The number of carbonyl (C=O) groups is 2. The van der Waals surface area contributed by atoms with Gasteiger partial charge in [0, 0.05) is 67.3 Å². The lowest BCUT2D eigenvalue weighted by atomic mass is 10.1. The second-order valence-electron chi connectivity index (χ2n) is 15.8. The third kappa shape index (κ3) is 17.2. The molecular formula is C49H58BrN8O10PS3. The van der Waals surface area contributed by atoms with Gasteiger partial charge >= 0.3 is 0 Å². The van der Waals surface area contributed by atoms with Gasteiger partial charge in [-0.1, -0.05) is 39.0 Å². The largest absolute Gasteiger partial charge is 0.492 e. The zero-order valence-electron chi connectivity index (χ0n) is 39.5. The van der Waals surface area contributed by atoms with Gasteiger partial charge in [0.2, 0.25) is 5.78 Å². The Kier molecular flexibility index (Phi) is 21.8. The molecule has 5 heterocycles. The SMILES string of the molecule is NC(=NC(=S)Nc1ccc(OCCN2CCOCC2)cc1)SCP.Nc1nc(Nc2ccc(OCCN3CCOCC3)cc2)sc1C(=O)c1ccc2c(c1)OCCO2.O=C(CBr)c1ccc2c(c1)OCCO2. The van der Waals surface area contributed by atoms with Crippen molar-refractivity contribution in [2.45, 2.75) is 0 Å². The molecule has 72 heavy (non-hydrogen) atoms. The maximum atomic E-state index is 13.0. The van der Waals surface area contributed by atoms with Gasteiger partial charge in [-0.15, -0.1) is 9.24 Å². The number of carbonyl (C=O) groups excluding carboxylic acids is 2. The molecule has 0 radical (unpaired) electrons. The van der Waals surface area contributed by atoms with Crippen LogP contribution in [-0.2, 0) is 9.47 Å². The van der Waals surface area contributed by atoms with Gasteiger partial charge in [-0.2, -0.15) is 4.99 Å². The monoisotopic (exact) mass is 1120 g/mol. The molecule has 384 valence electrons. The van der Waals surface area contributed by atoms with Crippen LogP contribution in [0.5, 0.6) is 34.5 Å². The molecule has 2 saturated heterocycles. The Balaban J connectivity index is 0.000000173. The Labute approximate surface area is 443 Å². The predicted molar refractivity (Wildman–Crippen MR) is 295 cm³/mol. The summed E-state index contributed by atoms with van der Waals surface area (Å²) in [7, 11) is 2.58. The Morgan fingerprint density at radius 2 is 1.24 bits per heavy atom.